The van der Waals surface area contributed by atoms with Crippen molar-refractivity contribution in [2.75, 3.05) is 6.54 Å². The molecule has 2 aliphatic rings. The van der Waals surface area contributed by atoms with Crippen molar-refractivity contribution >= 4 is 12.0 Å². The molecule has 2 N–H and O–H groups in total. The minimum absolute atomic E-state index is 0.00914. The monoisotopic (exact) mass is 545 g/mol. The third-order valence-corrected chi connectivity index (χ3v) is 7.45. The van der Waals surface area contributed by atoms with Gasteiger partial charge in [-0.3, -0.25) is 4.79 Å². The average Bonchev–Trinajstić information content (AvgIpc) is 3.43. The fraction of sp³-hybridized carbons (Fsp3) is 0.538. The van der Waals surface area contributed by atoms with Gasteiger partial charge >= 0.3 is 18.4 Å². The summed E-state index contributed by atoms with van der Waals surface area (Å²) in [4.78, 5) is 26.1. The van der Waals surface area contributed by atoms with Crippen molar-refractivity contribution in [2.24, 2.45) is 0 Å². The molecule has 2 heterocycles. The summed E-state index contributed by atoms with van der Waals surface area (Å²) in [6.07, 6.45) is -5.64. The SMILES string of the molecule is Cc1c(C(=O)NC2CCCCC2)cc(-c2cc(C(F)(F)F)cc(C(F)(F)F)c2)n1C[C@H]1CCCN1C(=O)O. The van der Waals surface area contributed by atoms with E-state index in [9.17, 15) is 41.0 Å². The Balaban J connectivity index is 1.82. The lowest BCUT2D eigenvalue weighted by molar-refractivity contribution is -0.143. The van der Waals surface area contributed by atoms with Crippen LogP contribution in [-0.2, 0) is 18.9 Å². The summed E-state index contributed by atoms with van der Waals surface area (Å²) in [6, 6.07) is 2.02. The molecule has 4 rings (SSSR count). The number of hydrogen-bond donors (Lipinski definition) is 2. The summed E-state index contributed by atoms with van der Waals surface area (Å²) in [7, 11) is 0. The zero-order valence-electron chi connectivity index (χ0n) is 20.8. The van der Waals surface area contributed by atoms with E-state index >= 15 is 0 Å². The third kappa shape index (κ3) is 5.94. The van der Waals surface area contributed by atoms with E-state index < -0.39 is 41.5 Å². The van der Waals surface area contributed by atoms with E-state index in [1.165, 1.54) is 15.5 Å². The number of halogens is 6. The van der Waals surface area contributed by atoms with Crippen molar-refractivity contribution in [2.45, 2.75) is 82.9 Å². The molecule has 1 aliphatic carbocycles. The smallest absolute Gasteiger partial charge is 0.416 e. The maximum Gasteiger partial charge on any atom is 0.416 e. The van der Waals surface area contributed by atoms with Crippen LogP contribution in [0.5, 0.6) is 0 Å². The van der Waals surface area contributed by atoms with Crippen LogP contribution in [0.3, 0.4) is 0 Å². The lowest BCUT2D eigenvalue weighted by Crippen LogP contribution is -2.37. The van der Waals surface area contributed by atoms with E-state index in [2.05, 4.69) is 5.32 Å². The van der Waals surface area contributed by atoms with Gasteiger partial charge < -0.3 is 19.9 Å². The van der Waals surface area contributed by atoms with Gasteiger partial charge in [0.2, 0.25) is 0 Å². The molecule has 1 saturated carbocycles. The molecule has 0 bridgehead atoms. The molecule has 2 fully saturated rings. The molecule has 12 heteroatoms. The van der Waals surface area contributed by atoms with Crippen molar-refractivity contribution in [1.82, 2.24) is 14.8 Å². The van der Waals surface area contributed by atoms with Crippen LogP contribution >= 0.6 is 0 Å². The Labute approximate surface area is 215 Å². The van der Waals surface area contributed by atoms with Crippen LogP contribution in [0, 0.1) is 6.92 Å². The highest BCUT2D eigenvalue weighted by Crippen LogP contribution is 2.40. The maximum atomic E-state index is 13.6. The number of rotatable bonds is 5. The second kappa shape index (κ2) is 10.5. The number of likely N-dealkylation sites (tertiary alicyclic amines) is 1. The maximum absolute atomic E-state index is 13.6. The summed E-state index contributed by atoms with van der Waals surface area (Å²) < 4.78 is 83.0. The normalized spacial score (nSPS) is 19.1. The van der Waals surface area contributed by atoms with Gasteiger partial charge in [-0.15, -0.1) is 0 Å². The fourth-order valence-electron chi connectivity index (χ4n) is 5.45. The topological polar surface area (TPSA) is 74.6 Å². The van der Waals surface area contributed by atoms with Crippen LogP contribution in [0.2, 0.25) is 0 Å². The highest BCUT2D eigenvalue weighted by Gasteiger charge is 2.38. The summed E-state index contributed by atoms with van der Waals surface area (Å²) in [6.45, 7) is 1.83. The molecule has 6 nitrogen and oxygen atoms in total. The third-order valence-electron chi connectivity index (χ3n) is 7.45. The van der Waals surface area contributed by atoms with Gasteiger partial charge in [-0.05, 0) is 62.4 Å². The lowest BCUT2D eigenvalue weighted by atomic mass is 9.95. The molecular formula is C26H29F6N3O3. The molecular weight excluding hydrogens is 516 g/mol. The number of aromatic nitrogens is 1. The highest BCUT2D eigenvalue weighted by molar-refractivity contribution is 5.97. The standard InChI is InChI=1S/C26H29F6N3O3/c1-15-21(23(36)33-19-6-3-2-4-7-19)13-22(35(15)14-20-8-5-9-34(20)24(37)38)16-10-17(25(27,28)29)12-18(11-16)26(30,31)32/h10-13,19-20H,2-9,14H2,1H3,(H,33,36)(H,37,38)/t20-/m1/s1. The van der Waals surface area contributed by atoms with Gasteiger partial charge in [-0.2, -0.15) is 26.3 Å². The van der Waals surface area contributed by atoms with E-state index in [4.69, 9.17) is 0 Å². The first-order valence-corrected chi connectivity index (χ1v) is 12.6. The molecule has 1 atom stereocenters. The van der Waals surface area contributed by atoms with E-state index in [0.29, 0.717) is 30.7 Å². The number of nitrogens with one attached hydrogen (secondary N) is 1. The second-order valence-corrected chi connectivity index (χ2v) is 10.0. The van der Waals surface area contributed by atoms with Gasteiger partial charge in [0.05, 0.1) is 22.7 Å². The molecule has 208 valence electrons. The quantitative estimate of drug-likeness (QED) is 0.411. The summed E-state index contributed by atoms with van der Waals surface area (Å²) in [5, 5.41) is 12.5. The van der Waals surface area contributed by atoms with Gasteiger partial charge in [0.1, 0.15) is 0 Å². The number of alkyl halides is 6. The minimum Gasteiger partial charge on any atom is -0.465 e. The van der Waals surface area contributed by atoms with Crippen molar-refractivity contribution in [3.63, 3.8) is 0 Å². The lowest BCUT2D eigenvalue weighted by Gasteiger charge is -2.25. The number of carbonyl (C=O) groups excluding carboxylic acids is 1. The Kier molecular flexibility index (Phi) is 7.72. The first kappa shape index (κ1) is 27.8. The van der Waals surface area contributed by atoms with Crippen molar-refractivity contribution in [3.8, 4) is 11.3 Å². The molecule has 1 saturated heterocycles. The Morgan fingerprint density at radius 2 is 1.53 bits per heavy atom. The number of hydrogen-bond acceptors (Lipinski definition) is 2. The van der Waals surface area contributed by atoms with E-state index in [1.807, 2.05) is 0 Å². The molecule has 1 aromatic heterocycles. The van der Waals surface area contributed by atoms with Crippen LogP contribution in [0.25, 0.3) is 11.3 Å². The first-order valence-electron chi connectivity index (χ1n) is 12.6. The molecule has 1 aromatic carbocycles. The van der Waals surface area contributed by atoms with E-state index in [0.717, 1.165) is 32.1 Å². The molecule has 38 heavy (non-hydrogen) atoms. The average molecular weight is 546 g/mol. The fourth-order valence-corrected chi connectivity index (χ4v) is 5.45. The summed E-state index contributed by atoms with van der Waals surface area (Å²) in [5.74, 6) is -0.459. The van der Waals surface area contributed by atoms with Gasteiger partial charge in [0.25, 0.3) is 5.91 Å². The second-order valence-electron chi connectivity index (χ2n) is 10.0. The Bertz CT molecular complexity index is 1170. The largest absolute Gasteiger partial charge is 0.465 e. The summed E-state index contributed by atoms with van der Waals surface area (Å²) >= 11 is 0. The van der Waals surface area contributed by atoms with Crippen LogP contribution < -0.4 is 5.32 Å². The Hall–Kier alpha value is -3.18. The van der Waals surface area contributed by atoms with Gasteiger partial charge in [0.15, 0.2) is 0 Å². The van der Waals surface area contributed by atoms with Gasteiger partial charge in [-0.1, -0.05) is 19.3 Å². The van der Waals surface area contributed by atoms with Crippen LogP contribution in [0.1, 0.15) is 72.1 Å². The van der Waals surface area contributed by atoms with Crippen molar-refractivity contribution in [1.29, 1.82) is 0 Å². The molecule has 1 aliphatic heterocycles. The van der Waals surface area contributed by atoms with Gasteiger partial charge in [-0.25, -0.2) is 4.79 Å². The Morgan fingerprint density at radius 1 is 0.921 bits per heavy atom. The van der Waals surface area contributed by atoms with Crippen LogP contribution in [-0.4, -0.2) is 45.2 Å². The minimum atomic E-state index is -5.03. The number of carbonyl (C=O) groups is 2. The Morgan fingerprint density at radius 3 is 2.08 bits per heavy atom. The highest BCUT2D eigenvalue weighted by atomic mass is 19.4. The number of benzene rings is 1. The van der Waals surface area contributed by atoms with Crippen LogP contribution in [0.15, 0.2) is 24.3 Å². The van der Waals surface area contributed by atoms with E-state index in [1.54, 1.807) is 6.92 Å². The van der Waals surface area contributed by atoms with Gasteiger partial charge in [0, 0.05) is 30.5 Å². The molecule has 0 unspecified atom stereocenters. The summed E-state index contributed by atoms with van der Waals surface area (Å²) in [5.41, 5.74) is -2.81. The predicted molar refractivity (Wildman–Crippen MR) is 127 cm³/mol. The predicted octanol–water partition coefficient (Wildman–Crippen LogP) is 6.71. The van der Waals surface area contributed by atoms with Crippen molar-refractivity contribution < 1.29 is 41.0 Å². The molecule has 2 aromatic rings. The number of carboxylic acid groups (broad SMARTS) is 1. The van der Waals surface area contributed by atoms with E-state index in [-0.39, 0.29) is 42.0 Å². The van der Waals surface area contributed by atoms with Crippen molar-refractivity contribution in [3.05, 3.63) is 46.6 Å². The number of amides is 2. The zero-order valence-corrected chi connectivity index (χ0v) is 20.8. The molecule has 0 spiro atoms. The molecule has 2 amide bonds. The molecule has 0 radical (unpaired) electrons. The number of nitrogens with zero attached hydrogens (tertiary/aromatic N) is 2. The first-order chi connectivity index (χ1) is 17.8. The van der Waals surface area contributed by atoms with Crippen LogP contribution in [0.4, 0.5) is 31.1 Å². The zero-order chi connectivity index (χ0) is 27.8.